The van der Waals surface area contributed by atoms with Crippen molar-refractivity contribution >= 4 is 0 Å². The number of nitrogens with zero attached hydrogens (tertiary/aromatic N) is 3. The Labute approximate surface area is 128 Å². The zero-order valence-corrected chi connectivity index (χ0v) is 13.3. The Bertz CT molecular complexity index is 479. The first kappa shape index (κ1) is 16.0. The largest absolute Gasteiger partial charge is 0.305 e. The van der Waals surface area contributed by atoms with Crippen LogP contribution in [0.4, 0.5) is 0 Å². The molecule has 1 aromatic carbocycles. The molecular weight excluding hydrogens is 260 g/mol. The third-order valence-electron chi connectivity index (χ3n) is 4.56. The van der Waals surface area contributed by atoms with Gasteiger partial charge >= 0.3 is 0 Å². The number of piperidine rings is 1. The first-order valence-electron chi connectivity index (χ1n) is 7.66. The van der Waals surface area contributed by atoms with E-state index in [0.717, 1.165) is 25.2 Å². The maximum atomic E-state index is 9.79. The van der Waals surface area contributed by atoms with Crippen molar-refractivity contribution in [3.63, 3.8) is 0 Å². The van der Waals surface area contributed by atoms with E-state index in [0.29, 0.717) is 6.04 Å². The molecule has 0 spiro atoms. The maximum absolute atomic E-state index is 9.79. The molecule has 2 unspecified atom stereocenters. The van der Waals surface area contributed by atoms with Gasteiger partial charge in [-0.1, -0.05) is 30.3 Å². The number of nitrogens with one attached hydrogen (secondary N) is 1. The van der Waals surface area contributed by atoms with Crippen molar-refractivity contribution in [3.05, 3.63) is 35.9 Å². The van der Waals surface area contributed by atoms with Crippen LogP contribution in [-0.2, 0) is 5.54 Å². The predicted molar refractivity (Wildman–Crippen MR) is 85.9 cm³/mol. The highest BCUT2D eigenvalue weighted by atomic mass is 15.2. The average molecular weight is 286 g/mol. The van der Waals surface area contributed by atoms with Crippen LogP contribution in [0, 0.1) is 11.3 Å². The monoisotopic (exact) mass is 286 g/mol. The second kappa shape index (κ2) is 7.04. The summed E-state index contributed by atoms with van der Waals surface area (Å²) in [6, 6.07) is 13.1. The van der Waals surface area contributed by atoms with Crippen LogP contribution in [0.3, 0.4) is 0 Å². The lowest BCUT2D eigenvalue weighted by atomic mass is 9.90. The first-order chi connectivity index (χ1) is 10.1. The second-order valence-corrected chi connectivity index (χ2v) is 6.13. The number of likely N-dealkylation sites (tertiary alicyclic amines) is 1. The zero-order valence-electron chi connectivity index (χ0n) is 13.3. The van der Waals surface area contributed by atoms with Gasteiger partial charge in [0.15, 0.2) is 0 Å². The Morgan fingerprint density at radius 2 is 2.10 bits per heavy atom. The van der Waals surface area contributed by atoms with Gasteiger partial charge < -0.3 is 4.90 Å². The minimum atomic E-state index is -0.630. The molecule has 4 nitrogen and oxygen atoms in total. The molecule has 1 aliphatic heterocycles. The highest BCUT2D eigenvalue weighted by Gasteiger charge is 2.34. The van der Waals surface area contributed by atoms with Crippen molar-refractivity contribution in [1.29, 1.82) is 5.26 Å². The van der Waals surface area contributed by atoms with Crippen LogP contribution in [0.1, 0.15) is 18.4 Å². The Morgan fingerprint density at radius 1 is 1.38 bits per heavy atom. The van der Waals surface area contributed by atoms with E-state index in [1.807, 2.05) is 37.4 Å². The number of nitriles is 1. The van der Waals surface area contributed by atoms with E-state index in [4.69, 9.17) is 0 Å². The fraction of sp³-hybridized carbons (Fsp3) is 0.588. The van der Waals surface area contributed by atoms with E-state index in [1.165, 1.54) is 12.8 Å². The highest BCUT2D eigenvalue weighted by molar-refractivity contribution is 5.32. The summed E-state index contributed by atoms with van der Waals surface area (Å²) in [5.41, 5.74) is 0.414. The number of hydrogen-bond acceptors (Lipinski definition) is 4. The van der Waals surface area contributed by atoms with Gasteiger partial charge in [0.1, 0.15) is 5.54 Å². The predicted octanol–water partition coefficient (Wildman–Crippen LogP) is 1.65. The Balaban J connectivity index is 2.15. The lowest BCUT2D eigenvalue weighted by Crippen LogP contribution is -2.53. The molecule has 1 aromatic rings. The Kier molecular flexibility index (Phi) is 5.35. The molecule has 0 saturated carbocycles. The highest BCUT2D eigenvalue weighted by Crippen LogP contribution is 2.24. The fourth-order valence-corrected chi connectivity index (χ4v) is 3.12. The summed E-state index contributed by atoms with van der Waals surface area (Å²) in [7, 11) is 6.16. The van der Waals surface area contributed by atoms with Gasteiger partial charge in [-0.05, 0) is 46.1 Å². The van der Waals surface area contributed by atoms with Crippen molar-refractivity contribution in [1.82, 2.24) is 15.1 Å². The van der Waals surface area contributed by atoms with Crippen LogP contribution in [0.25, 0.3) is 0 Å². The van der Waals surface area contributed by atoms with E-state index in [9.17, 15) is 5.26 Å². The third kappa shape index (κ3) is 3.62. The van der Waals surface area contributed by atoms with Crippen molar-refractivity contribution in [2.24, 2.45) is 0 Å². The molecule has 1 N–H and O–H groups in total. The number of benzene rings is 1. The molecule has 0 radical (unpaired) electrons. The molecule has 0 bridgehead atoms. The van der Waals surface area contributed by atoms with Gasteiger partial charge in [-0.2, -0.15) is 5.26 Å². The molecule has 1 heterocycles. The summed E-state index contributed by atoms with van der Waals surface area (Å²) < 4.78 is 0. The van der Waals surface area contributed by atoms with Crippen molar-refractivity contribution in [2.75, 3.05) is 40.8 Å². The average Bonchev–Trinajstić information content (AvgIpc) is 2.54. The molecule has 4 heteroatoms. The molecule has 1 aliphatic rings. The fourth-order valence-electron chi connectivity index (χ4n) is 3.12. The molecule has 2 rings (SSSR count). The number of likely N-dealkylation sites (N-methyl/N-ethyl adjacent to an activating group) is 2. The molecule has 0 aliphatic carbocycles. The van der Waals surface area contributed by atoms with Gasteiger partial charge in [-0.25, -0.2) is 0 Å². The van der Waals surface area contributed by atoms with Crippen molar-refractivity contribution < 1.29 is 0 Å². The molecule has 114 valence electrons. The van der Waals surface area contributed by atoms with Gasteiger partial charge in [0, 0.05) is 19.1 Å². The number of hydrogen-bond donors (Lipinski definition) is 1. The lowest BCUT2D eigenvalue weighted by molar-refractivity contribution is 0.114. The maximum Gasteiger partial charge on any atom is 0.144 e. The van der Waals surface area contributed by atoms with Crippen molar-refractivity contribution in [2.45, 2.75) is 24.4 Å². The van der Waals surface area contributed by atoms with E-state index in [1.54, 1.807) is 0 Å². The number of rotatable bonds is 5. The van der Waals surface area contributed by atoms with Crippen LogP contribution in [0.5, 0.6) is 0 Å². The second-order valence-electron chi connectivity index (χ2n) is 6.13. The van der Waals surface area contributed by atoms with Gasteiger partial charge in [-0.3, -0.25) is 10.2 Å². The first-order valence-corrected chi connectivity index (χ1v) is 7.66. The standard InChI is InChI=1S/C17H26N4/c1-19-17(13-18,15-8-5-4-6-9-15)14-21-11-7-10-16(12-21)20(2)3/h4-6,8-9,16,19H,7,10-12,14H2,1-3H3. The van der Waals surface area contributed by atoms with E-state index >= 15 is 0 Å². The van der Waals surface area contributed by atoms with Gasteiger partial charge in [0.25, 0.3) is 0 Å². The molecule has 2 atom stereocenters. The molecule has 1 saturated heterocycles. The minimum Gasteiger partial charge on any atom is -0.305 e. The Hall–Kier alpha value is -1.41. The summed E-state index contributed by atoms with van der Waals surface area (Å²) in [4.78, 5) is 4.71. The Morgan fingerprint density at radius 3 is 2.67 bits per heavy atom. The molecule has 0 amide bonds. The van der Waals surface area contributed by atoms with Crippen LogP contribution in [0.15, 0.2) is 30.3 Å². The van der Waals surface area contributed by atoms with Crippen molar-refractivity contribution in [3.8, 4) is 6.07 Å². The normalized spacial score (nSPS) is 22.7. The minimum absolute atomic E-state index is 0.586. The van der Waals surface area contributed by atoms with Gasteiger partial charge in [0.05, 0.1) is 6.07 Å². The summed E-state index contributed by atoms with van der Waals surface area (Å²) in [5, 5.41) is 13.0. The van der Waals surface area contributed by atoms with Crippen LogP contribution in [-0.4, -0.2) is 56.6 Å². The molecule has 0 aromatic heterocycles. The molecular formula is C17H26N4. The quantitative estimate of drug-likeness (QED) is 0.894. The van der Waals surface area contributed by atoms with Crippen LogP contribution >= 0.6 is 0 Å². The van der Waals surface area contributed by atoms with Crippen LogP contribution < -0.4 is 5.32 Å². The van der Waals surface area contributed by atoms with E-state index in [2.05, 4.69) is 35.3 Å². The van der Waals surface area contributed by atoms with E-state index < -0.39 is 5.54 Å². The third-order valence-corrected chi connectivity index (χ3v) is 4.56. The topological polar surface area (TPSA) is 42.3 Å². The molecule has 1 fully saturated rings. The zero-order chi connectivity index (χ0) is 15.3. The summed E-state index contributed by atoms with van der Waals surface area (Å²) >= 11 is 0. The summed E-state index contributed by atoms with van der Waals surface area (Å²) in [6.45, 7) is 2.83. The van der Waals surface area contributed by atoms with Gasteiger partial charge in [0.2, 0.25) is 0 Å². The summed E-state index contributed by atoms with van der Waals surface area (Å²) in [5.74, 6) is 0. The SMILES string of the molecule is CNC(C#N)(CN1CCCC(N(C)C)C1)c1ccccc1. The van der Waals surface area contributed by atoms with E-state index in [-0.39, 0.29) is 0 Å². The smallest absolute Gasteiger partial charge is 0.144 e. The van der Waals surface area contributed by atoms with Gasteiger partial charge in [-0.15, -0.1) is 0 Å². The summed E-state index contributed by atoms with van der Waals surface area (Å²) in [6.07, 6.45) is 2.44. The van der Waals surface area contributed by atoms with Crippen LogP contribution in [0.2, 0.25) is 0 Å². The lowest BCUT2D eigenvalue weighted by Gasteiger charge is -2.40. The molecule has 21 heavy (non-hydrogen) atoms.